The molecule has 1 amide bonds. The smallest absolute Gasteiger partial charge is 0.292 e. The van der Waals surface area contributed by atoms with Gasteiger partial charge < -0.3 is 11.1 Å². The number of amides is 1. The molecule has 3 N–H and O–H groups in total. The van der Waals surface area contributed by atoms with Crippen LogP contribution in [-0.2, 0) is 0 Å². The summed E-state index contributed by atoms with van der Waals surface area (Å²) in [6, 6.07) is 9.78. The second-order valence-corrected chi connectivity index (χ2v) is 4.83. The SMILES string of the molecule is Cc1cc(C)cc(NC(=O)c2cccc([N+](=O)[O-])c2N)c1. The third-order valence-corrected chi connectivity index (χ3v) is 3.00. The van der Waals surface area contributed by atoms with Crippen molar-refractivity contribution in [2.24, 2.45) is 0 Å². The van der Waals surface area contributed by atoms with Crippen LogP contribution in [0.25, 0.3) is 0 Å². The lowest BCUT2D eigenvalue weighted by Gasteiger charge is -2.09. The number of nitrogen functional groups attached to an aromatic ring is 1. The Morgan fingerprint density at radius 1 is 1.19 bits per heavy atom. The molecule has 0 aliphatic rings. The summed E-state index contributed by atoms with van der Waals surface area (Å²) in [5, 5.41) is 13.5. The van der Waals surface area contributed by atoms with Gasteiger partial charge >= 0.3 is 0 Å². The van der Waals surface area contributed by atoms with Crippen LogP contribution in [0.15, 0.2) is 36.4 Å². The molecule has 0 aromatic heterocycles. The maximum Gasteiger partial charge on any atom is 0.292 e. The molecule has 6 nitrogen and oxygen atoms in total. The molecular weight excluding hydrogens is 270 g/mol. The largest absolute Gasteiger partial charge is 0.393 e. The summed E-state index contributed by atoms with van der Waals surface area (Å²) < 4.78 is 0. The van der Waals surface area contributed by atoms with E-state index in [2.05, 4.69) is 5.32 Å². The van der Waals surface area contributed by atoms with Crippen LogP contribution in [-0.4, -0.2) is 10.8 Å². The van der Waals surface area contributed by atoms with Crippen molar-refractivity contribution in [3.63, 3.8) is 0 Å². The lowest BCUT2D eigenvalue weighted by Crippen LogP contribution is -2.15. The molecule has 21 heavy (non-hydrogen) atoms. The fourth-order valence-electron chi connectivity index (χ4n) is 2.16. The standard InChI is InChI=1S/C15H15N3O3/c1-9-6-10(2)8-11(7-9)17-15(19)12-4-3-5-13(14(12)16)18(20)21/h3-8H,16H2,1-2H3,(H,17,19). The van der Waals surface area contributed by atoms with Crippen molar-refractivity contribution in [2.45, 2.75) is 13.8 Å². The van der Waals surface area contributed by atoms with E-state index in [1.165, 1.54) is 18.2 Å². The number of nitro groups is 1. The van der Waals surface area contributed by atoms with E-state index >= 15 is 0 Å². The Hall–Kier alpha value is -2.89. The molecule has 0 atom stereocenters. The first-order chi connectivity index (χ1) is 9.88. The monoisotopic (exact) mass is 285 g/mol. The molecule has 0 saturated heterocycles. The summed E-state index contributed by atoms with van der Waals surface area (Å²) >= 11 is 0. The van der Waals surface area contributed by atoms with Gasteiger partial charge in [0.1, 0.15) is 5.69 Å². The molecule has 2 aromatic rings. The number of hydrogen-bond acceptors (Lipinski definition) is 4. The van der Waals surface area contributed by atoms with Crippen molar-refractivity contribution in [3.8, 4) is 0 Å². The first-order valence-corrected chi connectivity index (χ1v) is 6.31. The maximum atomic E-state index is 12.2. The Bertz CT molecular complexity index is 706. The van der Waals surface area contributed by atoms with Crippen LogP contribution < -0.4 is 11.1 Å². The van der Waals surface area contributed by atoms with Gasteiger partial charge in [-0.15, -0.1) is 0 Å². The normalized spacial score (nSPS) is 10.2. The fraction of sp³-hybridized carbons (Fsp3) is 0.133. The highest BCUT2D eigenvalue weighted by molar-refractivity contribution is 6.08. The number of aryl methyl sites for hydroxylation is 2. The van der Waals surface area contributed by atoms with Crippen LogP contribution in [0.3, 0.4) is 0 Å². The fourth-order valence-corrected chi connectivity index (χ4v) is 2.16. The Morgan fingerprint density at radius 3 is 2.38 bits per heavy atom. The van der Waals surface area contributed by atoms with Gasteiger partial charge in [-0.1, -0.05) is 12.1 Å². The second kappa shape index (κ2) is 5.62. The van der Waals surface area contributed by atoms with Gasteiger partial charge in [0.2, 0.25) is 0 Å². The number of benzene rings is 2. The average molecular weight is 285 g/mol. The number of nitrogens with one attached hydrogen (secondary N) is 1. The van der Waals surface area contributed by atoms with Gasteiger partial charge in [-0.25, -0.2) is 0 Å². The van der Waals surface area contributed by atoms with E-state index in [4.69, 9.17) is 5.73 Å². The van der Waals surface area contributed by atoms with Gasteiger partial charge in [-0.2, -0.15) is 0 Å². The minimum atomic E-state index is -0.608. The third-order valence-electron chi connectivity index (χ3n) is 3.00. The molecule has 2 aromatic carbocycles. The topological polar surface area (TPSA) is 98.3 Å². The number of hydrogen-bond donors (Lipinski definition) is 2. The number of nitrogens with two attached hydrogens (primary N) is 1. The molecule has 0 aliphatic carbocycles. The van der Waals surface area contributed by atoms with Crippen molar-refractivity contribution in [1.29, 1.82) is 0 Å². The van der Waals surface area contributed by atoms with Crippen molar-refractivity contribution >= 4 is 23.0 Å². The predicted molar refractivity (Wildman–Crippen MR) is 81.4 cm³/mol. The van der Waals surface area contributed by atoms with Gasteiger partial charge in [0.15, 0.2) is 0 Å². The molecule has 0 unspecified atom stereocenters. The van der Waals surface area contributed by atoms with Crippen molar-refractivity contribution < 1.29 is 9.72 Å². The highest BCUT2D eigenvalue weighted by Crippen LogP contribution is 2.25. The van der Waals surface area contributed by atoms with Crippen LogP contribution in [0.2, 0.25) is 0 Å². The van der Waals surface area contributed by atoms with E-state index in [0.29, 0.717) is 5.69 Å². The van der Waals surface area contributed by atoms with E-state index in [-0.39, 0.29) is 16.9 Å². The van der Waals surface area contributed by atoms with Crippen LogP contribution in [0.5, 0.6) is 0 Å². The first-order valence-electron chi connectivity index (χ1n) is 6.31. The van der Waals surface area contributed by atoms with Crippen LogP contribution in [0.4, 0.5) is 17.1 Å². The number of carbonyl (C=O) groups is 1. The molecule has 0 aliphatic heterocycles. The molecular formula is C15H15N3O3. The average Bonchev–Trinajstić information content (AvgIpc) is 2.37. The quantitative estimate of drug-likeness (QED) is 0.514. The second-order valence-electron chi connectivity index (χ2n) is 4.83. The summed E-state index contributed by atoms with van der Waals surface area (Å²) in [4.78, 5) is 22.4. The van der Waals surface area contributed by atoms with Crippen LogP contribution in [0, 0.1) is 24.0 Å². The molecule has 0 fully saturated rings. The zero-order valence-electron chi connectivity index (χ0n) is 11.7. The number of carbonyl (C=O) groups excluding carboxylic acids is 1. The lowest BCUT2D eigenvalue weighted by atomic mass is 10.1. The van der Waals surface area contributed by atoms with Crippen molar-refractivity contribution in [1.82, 2.24) is 0 Å². The van der Waals surface area contributed by atoms with E-state index < -0.39 is 10.8 Å². The van der Waals surface area contributed by atoms with Gasteiger partial charge in [0.25, 0.3) is 11.6 Å². The van der Waals surface area contributed by atoms with Gasteiger partial charge in [0, 0.05) is 11.8 Å². The summed E-state index contributed by atoms with van der Waals surface area (Å²) in [5.74, 6) is -0.471. The predicted octanol–water partition coefficient (Wildman–Crippen LogP) is 3.05. The molecule has 0 radical (unpaired) electrons. The van der Waals surface area contributed by atoms with Crippen molar-refractivity contribution in [2.75, 3.05) is 11.1 Å². The zero-order chi connectivity index (χ0) is 15.6. The van der Waals surface area contributed by atoms with Crippen LogP contribution in [0.1, 0.15) is 21.5 Å². The number of para-hydroxylation sites is 1. The Morgan fingerprint density at radius 2 is 1.81 bits per heavy atom. The number of nitro benzene ring substituents is 1. The van der Waals surface area contributed by atoms with E-state index in [0.717, 1.165) is 11.1 Å². The summed E-state index contributed by atoms with van der Waals surface area (Å²) in [6.45, 7) is 3.84. The number of rotatable bonds is 3. The number of nitrogens with zero attached hydrogens (tertiary/aromatic N) is 1. The summed E-state index contributed by atoms with van der Waals surface area (Å²) in [7, 11) is 0. The Kier molecular flexibility index (Phi) is 3.89. The minimum absolute atomic E-state index is 0.0864. The maximum absolute atomic E-state index is 12.2. The van der Waals surface area contributed by atoms with Crippen LogP contribution >= 0.6 is 0 Å². The summed E-state index contributed by atoms with van der Waals surface area (Å²) in [6.07, 6.45) is 0. The highest BCUT2D eigenvalue weighted by atomic mass is 16.6. The molecule has 0 heterocycles. The Labute approximate surface area is 121 Å². The molecule has 2 rings (SSSR count). The molecule has 108 valence electrons. The Balaban J connectivity index is 2.33. The van der Waals surface area contributed by atoms with E-state index in [9.17, 15) is 14.9 Å². The first kappa shape index (κ1) is 14.5. The van der Waals surface area contributed by atoms with Gasteiger partial charge in [0.05, 0.1) is 10.5 Å². The van der Waals surface area contributed by atoms with Gasteiger partial charge in [-0.3, -0.25) is 14.9 Å². The molecule has 0 spiro atoms. The van der Waals surface area contributed by atoms with Crippen molar-refractivity contribution in [3.05, 3.63) is 63.2 Å². The molecule has 6 heteroatoms. The third kappa shape index (κ3) is 3.17. The van der Waals surface area contributed by atoms with Gasteiger partial charge in [-0.05, 0) is 43.2 Å². The highest BCUT2D eigenvalue weighted by Gasteiger charge is 2.19. The zero-order valence-corrected chi connectivity index (χ0v) is 11.7. The molecule has 0 saturated carbocycles. The number of anilines is 2. The molecule has 0 bridgehead atoms. The van der Waals surface area contributed by atoms with E-state index in [1.807, 2.05) is 32.0 Å². The lowest BCUT2D eigenvalue weighted by molar-refractivity contribution is -0.383. The minimum Gasteiger partial charge on any atom is -0.393 e. The summed E-state index contributed by atoms with van der Waals surface area (Å²) in [5.41, 5.74) is 8.02. The van der Waals surface area contributed by atoms with E-state index in [1.54, 1.807) is 0 Å².